The zero-order valence-electron chi connectivity index (χ0n) is 11.1. The fourth-order valence-corrected chi connectivity index (χ4v) is 12.2. The molecule has 0 heterocycles. The van der Waals surface area contributed by atoms with E-state index in [4.69, 9.17) is 17.1 Å². The zero-order chi connectivity index (χ0) is 12.3. The van der Waals surface area contributed by atoms with E-state index in [-0.39, 0.29) is 0 Å². The van der Waals surface area contributed by atoms with Crippen molar-refractivity contribution in [1.29, 1.82) is 0 Å². The Kier molecular flexibility index (Phi) is 5.38. The van der Waals surface area contributed by atoms with Crippen molar-refractivity contribution < 1.29 is 17.1 Å². The molecule has 0 fully saturated rings. The van der Waals surface area contributed by atoms with Crippen molar-refractivity contribution in [2.45, 2.75) is 39.3 Å². The molecule has 92 valence electrons. The van der Waals surface area contributed by atoms with Crippen LogP contribution in [0.25, 0.3) is 0 Å². The maximum Gasteiger partial charge on any atom is 0.488 e. The third-order valence-corrected chi connectivity index (χ3v) is 11.1. The Hall–Kier alpha value is 0.491. The van der Waals surface area contributed by atoms with Crippen LogP contribution < -0.4 is 0 Å². The first-order valence-electron chi connectivity index (χ1n) is 5.04. The van der Waals surface area contributed by atoms with Crippen molar-refractivity contribution >= 4 is 25.7 Å². The second-order valence-corrected chi connectivity index (χ2v) is 16.2. The average molecular weight is 269 g/mol. The molecule has 0 atom stereocenters. The molecule has 0 rings (SSSR count). The van der Waals surface area contributed by atoms with E-state index in [9.17, 15) is 0 Å². The summed E-state index contributed by atoms with van der Waals surface area (Å²) in [5.41, 5.74) is 0. The van der Waals surface area contributed by atoms with E-state index in [1.54, 1.807) is 14.2 Å². The molecule has 0 spiro atoms. The smallest absolute Gasteiger partial charge is 0.437 e. The third kappa shape index (κ3) is 6.61. The molecule has 0 N–H and O–H groups in total. The molecule has 0 aromatic rings. The molecule has 0 unspecified atom stereocenters. The predicted molar refractivity (Wildman–Crippen MR) is 68.6 cm³/mol. The number of rotatable bonds is 6. The van der Waals surface area contributed by atoms with Crippen molar-refractivity contribution in [2.24, 2.45) is 0 Å². The lowest BCUT2D eigenvalue weighted by Gasteiger charge is -2.36. The summed E-state index contributed by atoms with van der Waals surface area (Å²) in [7, 11) is -2.95. The van der Waals surface area contributed by atoms with Crippen molar-refractivity contribution in [1.82, 2.24) is 0 Å². The molecule has 7 heteroatoms. The Morgan fingerprint density at radius 3 is 1.33 bits per heavy atom. The van der Waals surface area contributed by atoms with Crippen LogP contribution in [0.1, 0.15) is 0 Å². The first kappa shape index (κ1) is 15.5. The summed E-state index contributed by atoms with van der Waals surface area (Å²) in [4.78, 5) is 0. The van der Waals surface area contributed by atoms with Gasteiger partial charge in [0, 0.05) is 20.8 Å². The summed E-state index contributed by atoms with van der Waals surface area (Å²) in [5.74, 6) is 0. The number of hydrogen-bond acceptors (Lipinski definition) is 4. The lowest BCUT2D eigenvalue weighted by Crippen LogP contribution is -2.54. The van der Waals surface area contributed by atoms with Gasteiger partial charge in [-0.05, 0) is 32.7 Å². The minimum Gasteiger partial charge on any atom is -0.437 e. The molecule has 0 aliphatic carbocycles. The first-order valence-corrected chi connectivity index (χ1v) is 13.5. The highest BCUT2D eigenvalue weighted by molar-refractivity contribution is 6.85. The second kappa shape index (κ2) is 5.21. The SMILES string of the molecule is CO[Si](C)(OC)O[Si](C)(C)O[Si](C)(C)C. The standard InChI is InChI=1S/C8H24O4Si3/c1-9-15(8,10-2)12-14(6,7)11-13(3,4)5/h1-8H3. The highest BCUT2D eigenvalue weighted by Crippen LogP contribution is 2.20. The Morgan fingerprint density at radius 2 is 1.07 bits per heavy atom. The molecule has 0 radical (unpaired) electrons. The van der Waals surface area contributed by atoms with Gasteiger partial charge in [-0.3, -0.25) is 0 Å². The molecule has 0 saturated heterocycles. The van der Waals surface area contributed by atoms with Crippen molar-refractivity contribution in [3.8, 4) is 0 Å². The maximum absolute atomic E-state index is 6.05. The van der Waals surface area contributed by atoms with Gasteiger partial charge in [0.25, 0.3) is 0 Å². The van der Waals surface area contributed by atoms with E-state index in [2.05, 4.69) is 19.6 Å². The normalized spacial score (nSPS) is 14.4. The molecule has 0 amide bonds. The molecule has 0 aliphatic heterocycles. The first-order chi connectivity index (χ1) is 6.54. The van der Waals surface area contributed by atoms with Gasteiger partial charge in [0.2, 0.25) is 0 Å². The van der Waals surface area contributed by atoms with E-state index in [0.717, 1.165) is 0 Å². The lowest BCUT2D eigenvalue weighted by molar-refractivity contribution is 0.154. The molecule has 0 aliphatic rings. The van der Waals surface area contributed by atoms with E-state index < -0.39 is 25.7 Å². The van der Waals surface area contributed by atoms with Crippen LogP contribution >= 0.6 is 0 Å². The summed E-state index contributed by atoms with van der Waals surface area (Å²) < 4.78 is 22.6. The summed E-state index contributed by atoms with van der Waals surface area (Å²) in [6.07, 6.45) is 0. The van der Waals surface area contributed by atoms with Gasteiger partial charge in [0.05, 0.1) is 0 Å². The molecule has 4 nitrogen and oxygen atoms in total. The molecule has 15 heavy (non-hydrogen) atoms. The fraction of sp³-hybridized carbons (Fsp3) is 1.00. The van der Waals surface area contributed by atoms with Crippen LogP contribution in [0.2, 0.25) is 39.3 Å². The largest absolute Gasteiger partial charge is 0.488 e. The van der Waals surface area contributed by atoms with E-state index >= 15 is 0 Å². The quantitative estimate of drug-likeness (QED) is 0.693. The van der Waals surface area contributed by atoms with Crippen LogP contribution in [-0.4, -0.2) is 39.9 Å². The summed E-state index contributed by atoms with van der Waals surface area (Å²) in [5, 5.41) is 0. The van der Waals surface area contributed by atoms with Crippen LogP contribution in [0.5, 0.6) is 0 Å². The van der Waals surface area contributed by atoms with Gasteiger partial charge in [-0.1, -0.05) is 0 Å². The van der Waals surface area contributed by atoms with E-state index in [1.807, 2.05) is 19.6 Å². The number of hydrogen-bond donors (Lipinski definition) is 0. The van der Waals surface area contributed by atoms with Crippen molar-refractivity contribution in [2.75, 3.05) is 14.2 Å². The van der Waals surface area contributed by atoms with E-state index in [1.165, 1.54) is 0 Å². The van der Waals surface area contributed by atoms with Crippen molar-refractivity contribution in [3.05, 3.63) is 0 Å². The van der Waals surface area contributed by atoms with Gasteiger partial charge in [0.15, 0.2) is 8.32 Å². The highest BCUT2D eigenvalue weighted by atomic mass is 28.5. The monoisotopic (exact) mass is 268 g/mol. The Bertz CT molecular complexity index is 199. The third-order valence-electron chi connectivity index (χ3n) is 1.72. The van der Waals surface area contributed by atoms with Crippen molar-refractivity contribution in [3.63, 3.8) is 0 Å². The Morgan fingerprint density at radius 1 is 0.667 bits per heavy atom. The summed E-state index contributed by atoms with van der Waals surface area (Å²) in [6, 6.07) is 0. The van der Waals surface area contributed by atoms with Crippen LogP contribution in [0.15, 0.2) is 0 Å². The molecular formula is C8H24O4Si3. The van der Waals surface area contributed by atoms with Gasteiger partial charge < -0.3 is 17.1 Å². The van der Waals surface area contributed by atoms with Gasteiger partial charge in [-0.15, -0.1) is 0 Å². The maximum atomic E-state index is 6.05. The lowest BCUT2D eigenvalue weighted by atomic mass is 11.8. The summed E-state index contributed by atoms with van der Waals surface area (Å²) >= 11 is 0. The molecule has 0 aromatic carbocycles. The van der Waals surface area contributed by atoms with Crippen LogP contribution in [0.3, 0.4) is 0 Å². The molecule has 0 aromatic heterocycles. The second-order valence-electron chi connectivity index (χ2n) is 4.99. The van der Waals surface area contributed by atoms with Gasteiger partial charge in [-0.2, -0.15) is 0 Å². The van der Waals surface area contributed by atoms with Gasteiger partial charge in [0.1, 0.15) is 0 Å². The topological polar surface area (TPSA) is 36.9 Å². The molecular weight excluding hydrogens is 244 g/mol. The highest BCUT2D eigenvalue weighted by Gasteiger charge is 2.43. The van der Waals surface area contributed by atoms with Gasteiger partial charge in [-0.25, -0.2) is 0 Å². The van der Waals surface area contributed by atoms with Crippen LogP contribution in [0, 0.1) is 0 Å². The predicted octanol–water partition coefficient (Wildman–Crippen LogP) is 2.42. The minimum atomic E-state index is -2.47. The van der Waals surface area contributed by atoms with Crippen LogP contribution in [0.4, 0.5) is 0 Å². The Labute approximate surface area is 96.6 Å². The van der Waals surface area contributed by atoms with Gasteiger partial charge >= 0.3 is 17.4 Å². The minimum absolute atomic E-state index is 1.57. The fourth-order valence-electron chi connectivity index (χ4n) is 1.37. The summed E-state index contributed by atoms with van der Waals surface area (Å²) in [6.45, 7) is 12.4. The molecule has 0 saturated carbocycles. The average Bonchev–Trinajstić information content (AvgIpc) is 1.98. The Balaban J connectivity index is 4.49. The van der Waals surface area contributed by atoms with E-state index in [0.29, 0.717) is 0 Å². The zero-order valence-corrected chi connectivity index (χ0v) is 14.1. The molecule has 0 bridgehead atoms. The van der Waals surface area contributed by atoms with Crippen LogP contribution in [-0.2, 0) is 17.1 Å².